The predicted molar refractivity (Wildman–Crippen MR) is 99.2 cm³/mol. The Morgan fingerprint density at radius 2 is 1.68 bits per heavy atom. The van der Waals surface area contributed by atoms with E-state index in [9.17, 15) is 9.59 Å². The fraction of sp³-hybridized carbons (Fsp3) is 0.556. The van der Waals surface area contributed by atoms with Gasteiger partial charge in [-0.1, -0.05) is 43.1 Å². The summed E-state index contributed by atoms with van der Waals surface area (Å²) in [5, 5.41) is 0.626. The lowest BCUT2D eigenvalue weighted by atomic mass is 10.1. The van der Waals surface area contributed by atoms with E-state index in [1.807, 2.05) is 13.8 Å². The molecule has 1 fully saturated rings. The van der Waals surface area contributed by atoms with E-state index in [0.717, 1.165) is 0 Å². The van der Waals surface area contributed by atoms with E-state index in [-0.39, 0.29) is 16.8 Å². The highest BCUT2D eigenvalue weighted by molar-refractivity contribution is 6.43. The van der Waals surface area contributed by atoms with Crippen LogP contribution in [0.3, 0.4) is 0 Å². The normalized spacial score (nSPS) is 16.2. The monoisotopic (exact) mass is 386 g/mol. The third-order valence-electron chi connectivity index (χ3n) is 4.09. The lowest BCUT2D eigenvalue weighted by Crippen LogP contribution is -2.53. The van der Waals surface area contributed by atoms with Crippen molar-refractivity contribution in [3.63, 3.8) is 0 Å². The highest BCUT2D eigenvalue weighted by Crippen LogP contribution is 2.26. The molecular formula is C18H24Cl2N2O3. The first kappa shape index (κ1) is 20.0. The first-order chi connectivity index (χ1) is 11.8. The average Bonchev–Trinajstić information content (AvgIpc) is 2.61. The molecule has 1 atom stereocenters. The van der Waals surface area contributed by atoms with Gasteiger partial charge in [0.15, 0.2) is 0 Å². The molecule has 0 aromatic heterocycles. The van der Waals surface area contributed by atoms with Crippen LogP contribution in [-0.2, 0) is 9.53 Å². The van der Waals surface area contributed by atoms with Gasteiger partial charge in [0, 0.05) is 32.8 Å². The molecule has 0 bridgehead atoms. The zero-order chi connectivity index (χ0) is 18.6. The van der Waals surface area contributed by atoms with Gasteiger partial charge in [0.05, 0.1) is 15.6 Å². The molecule has 0 spiro atoms. The van der Waals surface area contributed by atoms with Gasteiger partial charge in [-0.15, -0.1) is 0 Å². The van der Waals surface area contributed by atoms with Gasteiger partial charge >= 0.3 is 0 Å². The van der Waals surface area contributed by atoms with Gasteiger partial charge in [0.1, 0.15) is 6.10 Å². The van der Waals surface area contributed by atoms with E-state index < -0.39 is 6.10 Å². The molecule has 1 aliphatic rings. The minimum atomic E-state index is -0.466. The number of carbonyl (C=O) groups is 2. The number of carbonyl (C=O) groups excluding carboxylic acids is 2. The van der Waals surface area contributed by atoms with Crippen LogP contribution in [-0.4, -0.2) is 60.5 Å². The number of ether oxygens (including phenoxy) is 1. The first-order valence-electron chi connectivity index (χ1n) is 8.45. The maximum Gasteiger partial charge on any atom is 0.255 e. The van der Waals surface area contributed by atoms with Crippen molar-refractivity contribution >= 4 is 35.0 Å². The van der Waals surface area contributed by atoms with E-state index in [2.05, 4.69) is 0 Å². The molecular weight excluding hydrogens is 363 g/mol. The van der Waals surface area contributed by atoms with Crippen LogP contribution in [0.1, 0.15) is 31.1 Å². The van der Waals surface area contributed by atoms with Crippen LogP contribution in [0.2, 0.25) is 10.0 Å². The third kappa shape index (κ3) is 5.09. The van der Waals surface area contributed by atoms with Crippen molar-refractivity contribution < 1.29 is 14.3 Å². The third-order valence-corrected chi connectivity index (χ3v) is 4.91. The van der Waals surface area contributed by atoms with E-state index in [1.165, 1.54) is 0 Å². The SMILES string of the molecule is CC(C)COC(C)C(=O)N1CCN(C(=O)c2cccc(Cl)c2Cl)CC1. The van der Waals surface area contributed by atoms with Crippen molar-refractivity contribution in [2.24, 2.45) is 5.92 Å². The molecule has 2 rings (SSSR count). The quantitative estimate of drug-likeness (QED) is 0.779. The van der Waals surface area contributed by atoms with Crippen molar-refractivity contribution in [2.75, 3.05) is 32.8 Å². The highest BCUT2D eigenvalue weighted by atomic mass is 35.5. The summed E-state index contributed by atoms with van der Waals surface area (Å²) in [5.74, 6) is 0.185. The fourth-order valence-electron chi connectivity index (χ4n) is 2.63. The van der Waals surface area contributed by atoms with Crippen molar-refractivity contribution in [1.82, 2.24) is 9.80 Å². The maximum absolute atomic E-state index is 12.6. The Kier molecular flexibility index (Phi) is 7.11. The lowest BCUT2D eigenvalue weighted by Gasteiger charge is -2.36. The second-order valence-corrected chi connectivity index (χ2v) is 7.37. The summed E-state index contributed by atoms with van der Waals surface area (Å²) < 4.78 is 5.59. The number of amides is 2. The van der Waals surface area contributed by atoms with E-state index >= 15 is 0 Å². The van der Waals surface area contributed by atoms with Crippen molar-refractivity contribution in [3.8, 4) is 0 Å². The molecule has 0 aliphatic carbocycles. The van der Waals surface area contributed by atoms with Gasteiger partial charge in [-0.05, 0) is 25.0 Å². The van der Waals surface area contributed by atoms with Crippen molar-refractivity contribution in [2.45, 2.75) is 26.9 Å². The number of hydrogen-bond acceptors (Lipinski definition) is 3. The van der Waals surface area contributed by atoms with Crippen molar-refractivity contribution in [3.05, 3.63) is 33.8 Å². The van der Waals surface area contributed by atoms with Crippen molar-refractivity contribution in [1.29, 1.82) is 0 Å². The van der Waals surface area contributed by atoms with Crippen LogP contribution in [0.5, 0.6) is 0 Å². The van der Waals surface area contributed by atoms with Crippen LogP contribution in [0.4, 0.5) is 0 Å². The van der Waals surface area contributed by atoms with Gasteiger partial charge in [0.25, 0.3) is 11.8 Å². The molecule has 1 aliphatic heterocycles. The number of nitrogens with zero attached hydrogens (tertiary/aromatic N) is 2. The molecule has 25 heavy (non-hydrogen) atoms. The summed E-state index contributed by atoms with van der Waals surface area (Å²) in [7, 11) is 0. The number of hydrogen-bond donors (Lipinski definition) is 0. The Morgan fingerprint density at radius 3 is 2.28 bits per heavy atom. The van der Waals surface area contributed by atoms with Crippen LogP contribution >= 0.6 is 23.2 Å². The number of piperazine rings is 1. The van der Waals surface area contributed by atoms with Gasteiger partial charge in [-0.25, -0.2) is 0 Å². The molecule has 2 amide bonds. The second kappa shape index (κ2) is 8.88. The number of halogens is 2. The standard InChI is InChI=1S/C18H24Cl2N2O3/c1-12(2)11-25-13(3)17(23)21-7-9-22(10-8-21)18(24)14-5-4-6-15(19)16(14)20/h4-6,12-13H,7-11H2,1-3H3. The number of rotatable bonds is 5. The molecule has 0 N–H and O–H groups in total. The summed E-state index contributed by atoms with van der Waals surface area (Å²) in [6, 6.07) is 5.01. The lowest BCUT2D eigenvalue weighted by molar-refractivity contribution is -0.144. The highest BCUT2D eigenvalue weighted by Gasteiger charge is 2.28. The molecule has 138 valence electrons. The average molecular weight is 387 g/mol. The molecule has 0 radical (unpaired) electrons. The Morgan fingerprint density at radius 1 is 1.08 bits per heavy atom. The summed E-state index contributed by atoms with van der Waals surface area (Å²) in [4.78, 5) is 28.5. The van der Waals surface area contributed by atoms with Crippen LogP contribution < -0.4 is 0 Å². The molecule has 7 heteroatoms. The predicted octanol–water partition coefficient (Wildman–Crippen LogP) is 3.34. The smallest absolute Gasteiger partial charge is 0.255 e. The van der Waals surface area contributed by atoms with Gasteiger partial charge in [-0.2, -0.15) is 0 Å². The largest absolute Gasteiger partial charge is 0.368 e. The summed E-state index contributed by atoms with van der Waals surface area (Å²) in [6.45, 7) is 8.31. The Balaban J connectivity index is 1.91. The van der Waals surface area contributed by atoms with E-state index in [0.29, 0.717) is 49.3 Å². The Labute approximate surface area is 158 Å². The molecule has 5 nitrogen and oxygen atoms in total. The van der Waals surface area contributed by atoms with Crippen LogP contribution in [0.15, 0.2) is 18.2 Å². The van der Waals surface area contributed by atoms with E-state index in [1.54, 1.807) is 34.9 Å². The van der Waals surface area contributed by atoms with E-state index in [4.69, 9.17) is 27.9 Å². The molecule has 1 saturated heterocycles. The zero-order valence-corrected chi connectivity index (χ0v) is 16.3. The molecule has 0 saturated carbocycles. The minimum absolute atomic E-state index is 0.0338. The zero-order valence-electron chi connectivity index (χ0n) is 14.8. The second-order valence-electron chi connectivity index (χ2n) is 6.59. The Bertz CT molecular complexity index is 629. The maximum atomic E-state index is 12.6. The molecule has 1 aromatic carbocycles. The first-order valence-corrected chi connectivity index (χ1v) is 9.20. The van der Waals surface area contributed by atoms with Gasteiger partial charge < -0.3 is 14.5 Å². The molecule has 1 unspecified atom stereocenters. The minimum Gasteiger partial charge on any atom is -0.368 e. The number of benzene rings is 1. The van der Waals surface area contributed by atoms with Gasteiger partial charge in [-0.3, -0.25) is 9.59 Å². The van der Waals surface area contributed by atoms with Crippen LogP contribution in [0, 0.1) is 5.92 Å². The topological polar surface area (TPSA) is 49.9 Å². The summed E-state index contributed by atoms with van der Waals surface area (Å²) in [5.41, 5.74) is 0.391. The summed E-state index contributed by atoms with van der Waals surface area (Å²) >= 11 is 12.1. The van der Waals surface area contributed by atoms with Gasteiger partial charge in [0.2, 0.25) is 0 Å². The fourth-order valence-corrected chi connectivity index (χ4v) is 3.02. The molecule has 1 aromatic rings. The Hall–Kier alpha value is -1.30. The van der Waals surface area contributed by atoms with Crippen LogP contribution in [0.25, 0.3) is 0 Å². The summed E-state index contributed by atoms with van der Waals surface area (Å²) in [6.07, 6.45) is -0.466. The molecule has 1 heterocycles.